The van der Waals surface area contributed by atoms with Crippen LogP contribution >= 0.6 is 15.9 Å². The highest BCUT2D eigenvalue weighted by Crippen LogP contribution is 2.60. The molecule has 0 aromatic rings. The summed E-state index contributed by atoms with van der Waals surface area (Å²) in [5.41, 5.74) is 2.28. The number of halogens is 1. The molecule has 0 saturated heterocycles. The van der Waals surface area contributed by atoms with Crippen LogP contribution in [0.5, 0.6) is 0 Å². The molecule has 164 valence electrons. The van der Waals surface area contributed by atoms with Gasteiger partial charge in [-0.05, 0) is 98.7 Å². The molecule has 0 aromatic heterocycles. The van der Waals surface area contributed by atoms with Crippen LogP contribution in [0.2, 0.25) is 18.1 Å². The van der Waals surface area contributed by atoms with Gasteiger partial charge in [0, 0.05) is 0 Å². The van der Waals surface area contributed by atoms with Crippen LogP contribution in [0.15, 0.2) is 10.6 Å². The molecule has 0 heterocycles. The first-order valence-electron chi connectivity index (χ1n) is 12.2. The highest BCUT2D eigenvalue weighted by atomic mass is 79.9. The first kappa shape index (κ1) is 24.7. The van der Waals surface area contributed by atoms with Gasteiger partial charge in [-0.2, -0.15) is 0 Å². The van der Waals surface area contributed by atoms with Crippen molar-refractivity contribution in [3.8, 4) is 0 Å². The molecular weight excluding hydrogens is 424 g/mol. The van der Waals surface area contributed by atoms with Gasteiger partial charge in [-0.1, -0.05) is 69.0 Å². The Bertz CT molecular complexity index is 516. The third-order valence-electron chi connectivity index (χ3n) is 8.73. The number of fused-ring (bicyclic) bond motifs is 1. The van der Waals surface area contributed by atoms with Gasteiger partial charge in [0.15, 0.2) is 8.32 Å². The Morgan fingerprint density at radius 2 is 1.86 bits per heavy atom. The number of hydrogen-bond acceptors (Lipinski definition) is 1. The molecule has 3 heteroatoms. The summed E-state index contributed by atoms with van der Waals surface area (Å²) in [7, 11) is -1.51. The fraction of sp³-hybridized carbons (Fsp3) is 0.920. The van der Waals surface area contributed by atoms with Crippen molar-refractivity contribution >= 4 is 24.2 Å². The topological polar surface area (TPSA) is 9.23 Å². The maximum absolute atomic E-state index is 6.84. The minimum atomic E-state index is -1.51. The Kier molecular flexibility index (Phi) is 8.93. The summed E-state index contributed by atoms with van der Waals surface area (Å²) in [6.07, 6.45) is 10.9. The van der Waals surface area contributed by atoms with Gasteiger partial charge in [-0.15, -0.1) is 0 Å². The van der Waals surface area contributed by atoms with Gasteiger partial charge >= 0.3 is 0 Å². The largest absolute Gasteiger partial charge is 0.412 e. The van der Waals surface area contributed by atoms with Crippen molar-refractivity contribution in [1.29, 1.82) is 0 Å². The first-order valence-corrected chi connectivity index (χ1v) is 15.6. The zero-order valence-electron chi connectivity index (χ0n) is 19.9. The van der Waals surface area contributed by atoms with E-state index in [0.717, 1.165) is 17.8 Å². The van der Waals surface area contributed by atoms with Crippen LogP contribution in [-0.2, 0) is 4.43 Å². The second-order valence-electron chi connectivity index (χ2n) is 10.8. The van der Waals surface area contributed by atoms with Crippen LogP contribution < -0.4 is 0 Å². The maximum atomic E-state index is 6.84. The van der Waals surface area contributed by atoms with E-state index in [0.29, 0.717) is 5.41 Å². The van der Waals surface area contributed by atoms with E-state index in [4.69, 9.17) is 4.43 Å². The Balaban J connectivity index is 1.91. The predicted octanol–water partition coefficient (Wildman–Crippen LogP) is 9.09. The minimum Gasteiger partial charge on any atom is -0.412 e. The zero-order chi connectivity index (χ0) is 21.0. The van der Waals surface area contributed by atoms with Gasteiger partial charge in [0.25, 0.3) is 0 Å². The molecule has 0 amide bonds. The summed E-state index contributed by atoms with van der Waals surface area (Å²) < 4.78 is 6.84. The number of allylic oxidation sites excluding steroid dienone is 1. The van der Waals surface area contributed by atoms with E-state index in [-0.39, 0.29) is 5.60 Å². The summed E-state index contributed by atoms with van der Waals surface area (Å²) in [5.74, 6) is 2.57. The molecule has 2 aliphatic carbocycles. The average molecular weight is 472 g/mol. The van der Waals surface area contributed by atoms with E-state index in [9.17, 15) is 0 Å². The molecule has 0 aromatic carbocycles. The van der Waals surface area contributed by atoms with Crippen molar-refractivity contribution in [2.45, 2.75) is 124 Å². The van der Waals surface area contributed by atoms with Crippen LogP contribution in [0.3, 0.4) is 0 Å². The molecule has 1 nitrogen and oxygen atoms in total. The highest BCUT2D eigenvalue weighted by molar-refractivity contribution is 9.11. The summed E-state index contributed by atoms with van der Waals surface area (Å²) >= 11 is 3.66. The normalized spacial score (nSPS) is 31.2. The summed E-state index contributed by atoms with van der Waals surface area (Å²) in [4.78, 5) is 2.26. The summed E-state index contributed by atoms with van der Waals surface area (Å²) in [6, 6.07) is 3.77. The summed E-state index contributed by atoms with van der Waals surface area (Å²) in [5, 5.41) is 0. The van der Waals surface area contributed by atoms with E-state index in [1.807, 2.05) is 0 Å². The standard InChI is InChI=1S/C25H47BrOSi/c1-8-28(9-2,10-3)27-24(5,6)17-11-13-20(4)22-15-16-23-21(19-26)14-12-18-25(22,23)7/h19-20,22-23H,8-18H2,1-7H3/b21-19+/t20-,22?,23+,25?/m1/s1. The molecule has 0 radical (unpaired) electrons. The number of rotatable bonds is 10. The molecule has 2 aliphatic rings. The molecule has 28 heavy (non-hydrogen) atoms. The van der Waals surface area contributed by atoms with Gasteiger partial charge < -0.3 is 4.43 Å². The van der Waals surface area contributed by atoms with Crippen LogP contribution in [-0.4, -0.2) is 13.9 Å². The fourth-order valence-electron chi connectivity index (χ4n) is 6.80. The Hall–Kier alpha value is 0.397. The van der Waals surface area contributed by atoms with E-state index in [1.54, 1.807) is 5.57 Å². The van der Waals surface area contributed by atoms with Crippen molar-refractivity contribution in [3.63, 3.8) is 0 Å². The molecule has 4 atom stereocenters. The van der Waals surface area contributed by atoms with E-state index < -0.39 is 8.32 Å². The van der Waals surface area contributed by atoms with Crippen LogP contribution in [0, 0.1) is 23.2 Å². The molecule has 2 unspecified atom stereocenters. The van der Waals surface area contributed by atoms with Crippen LogP contribution in [0.1, 0.15) is 99.8 Å². The lowest BCUT2D eigenvalue weighted by molar-refractivity contribution is 0.0705. The zero-order valence-corrected chi connectivity index (χ0v) is 22.5. The quantitative estimate of drug-likeness (QED) is 0.289. The molecule has 0 spiro atoms. The van der Waals surface area contributed by atoms with Crippen molar-refractivity contribution in [2.24, 2.45) is 23.2 Å². The molecular formula is C25H47BrOSi. The van der Waals surface area contributed by atoms with Gasteiger partial charge in [0.2, 0.25) is 0 Å². The molecule has 0 N–H and O–H groups in total. The minimum absolute atomic E-state index is 0.0484. The van der Waals surface area contributed by atoms with Gasteiger partial charge in [-0.3, -0.25) is 0 Å². The lowest BCUT2D eigenvalue weighted by Gasteiger charge is -2.44. The lowest BCUT2D eigenvalue weighted by Crippen LogP contribution is -2.44. The molecule has 2 rings (SSSR count). The first-order chi connectivity index (χ1) is 13.2. The van der Waals surface area contributed by atoms with Crippen LogP contribution in [0.4, 0.5) is 0 Å². The number of hydrogen-bond donors (Lipinski definition) is 0. The van der Waals surface area contributed by atoms with Gasteiger partial charge in [0.05, 0.1) is 5.60 Å². The Morgan fingerprint density at radius 1 is 1.21 bits per heavy atom. The Labute approximate surface area is 185 Å². The van der Waals surface area contributed by atoms with E-state index in [1.165, 1.54) is 69.5 Å². The van der Waals surface area contributed by atoms with Gasteiger partial charge in [-0.25, -0.2) is 0 Å². The lowest BCUT2D eigenvalue weighted by atomic mass is 9.61. The molecule has 2 saturated carbocycles. The average Bonchev–Trinajstić information content (AvgIpc) is 3.03. The summed E-state index contributed by atoms with van der Waals surface area (Å²) in [6.45, 7) is 16.9. The van der Waals surface area contributed by atoms with E-state index >= 15 is 0 Å². The van der Waals surface area contributed by atoms with Crippen molar-refractivity contribution < 1.29 is 4.43 Å². The monoisotopic (exact) mass is 470 g/mol. The molecule has 0 bridgehead atoms. The SMILES string of the molecule is CC[Si](CC)(CC)OC(C)(C)CCC[C@@H](C)C1CC[C@H]2/C(=C/Br)CCCC12C. The smallest absolute Gasteiger partial charge is 0.192 e. The van der Waals surface area contributed by atoms with Crippen molar-refractivity contribution in [2.75, 3.05) is 0 Å². The molecule has 0 aliphatic heterocycles. The van der Waals surface area contributed by atoms with Crippen molar-refractivity contribution in [1.82, 2.24) is 0 Å². The third kappa shape index (κ3) is 5.35. The predicted molar refractivity (Wildman–Crippen MR) is 131 cm³/mol. The highest BCUT2D eigenvalue weighted by Gasteiger charge is 2.50. The maximum Gasteiger partial charge on any atom is 0.192 e. The Morgan fingerprint density at radius 3 is 2.43 bits per heavy atom. The second kappa shape index (κ2) is 10.1. The third-order valence-corrected chi connectivity index (χ3v) is 14.2. The van der Waals surface area contributed by atoms with E-state index in [2.05, 4.69) is 69.4 Å². The molecule has 2 fully saturated rings. The fourth-order valence-corrected chi connectivity index (χ4v) is 10.6. The second-order valence-corrected chi connectivity index (χ2v) is 15.9. The van der Waals surface area contributed by atoms with Gasteiger partial charge in [0.1, 0.15) is 0 Å². The van der Waals surface area contributed by atoms with Crippen molar-refractivity contribution in [3.05, 3.63) is 10.6 Å². The van der Waals surface area contributed by atoms with Crippen LogP contribution in [0.25, 0.3) is 0 Å².